The van der Waals surface area contributed by atoms with Gasteiger partial charge in [-0.15, -0.1) is 0 Å². The van der Waals surface area contributed by atoms with Gasteiger partial charge in [0.15, 0.2) is 0 Å². The Kier molecular flexibility index (Phi) is 4.77. The van der Waals surface area contributed by atoms with Gasteiger partial charge in [-0.1, -0.05) is 26.0 Å². The van der Waals surface area contributed by atoms with E-state index in [4.69, 9.17) is 4.74 Å². The molecule has 28 heavy (non-hydrogen) atoms. The van der Waals surface area contributed by atoms with Crippen molar-refractivity contribution in [1.29, 1.82) is 0 Å². The van der Waals surface area contributed by atoms with Gasteiger partial charge >= 0.3 is 0 Å². The van der Waals surface area contributed by atoms with Gasteiger partial charge in [0.25, 0.3) is 0 Å². The summed E-state index contributed by atoms with van der Waals surface area (Å²) in [5, 5.41) is 4.19. The number of carbonyl (C=O) groups is 1. The maximum absolute atomic E-state index is 12.8. The number of ether oxygens (including phenoxy) is 1. The molecule has 0 aliphatic carbocycles. The number of hydrogen-bond donors (Lipinski definition) is 2. The molecule has 1 atom stereocenters. The highest BCUT2D eigenvalue weighted by Crippen LogP contribution is 2.24. The first-order chi connectivity index (χ1) is 13.5. The van der Waals surface area contributed by atoms with Gasteiger partial charge < -0.3 is 19.6 Å². The number of nitrogens with one attached hydrogen (secondary N) is 2. The Balaban J connectivity index is 1.54. The molecule has 0 spiro atoms. The molecule has 2 heterocycles. The van der Waals surface area contributed by atoms with E-state index in [1.807, 2.05) is 59.3 Å². The van der Waals surface area contributed by atoms with Crippen LogP contribution >= 0.6 is 0 Å². The molecule has 1 amide bonds. The van der Waals surface area contributed by atoms with E-state index < -0.39 is 0 Å². The summed E-state index contributed by atoms with van der Waals surface area (Å²) in [5.74, 6) is 1.74. The van der Waals surface area contributed by atoms with Crippen LogP contribution < -0.4 is 10.1 Å². The van der Waals surface area contributed by atoms with Gasteiger partial charge in [0, 0.05) is 17.1 Å². The minimum atomic E-state index is -0.179. The molecule has 0 saturated heterocycles. The smallest absolute Gasteiger partial charge is 0.240 e. The van der Waals surface area contributed by atoms with Crippen molar-refractivity contribution in [3.05, 3.63) is 60.6 Å². The van der Waals surface area contributed by atoms with E-state index in [1.165, 1.54) is 0 Å². The van der Waals surface area contributed by atoms with E-state index in [9.17, 15) is 4.79 Å². The minimum Gasteiger partial charge on any atom is -0.497 e. The van der Waals surface area contributed by atoms with E-state index in [-0.39, 0.29) is 24.4 Å². The van der Waals surface area contributed by atoms with Gasteiger partial charge in [0.1, 0.15) is 18.1 Å². The van der Waals surface area contributed by atoms with Crippen LogP contribution in [0.15, 0.2) is 54.7 Å². The van der Waals surface area contributed by atoms with Crippen molar-refractivity contribution in [3.8, 4) is 5.75 Å². The molecule has 0 saturated carbocycles. The topological polar surface area (TPSA) is 71.9 Å². The highest BCUT2D eigenvalue weighted by atomic mass is 16.5. The second-order valence-corrected chi connectivity index (χ2v) is 7.30. The summed E-state index contributed by atoms with van der Waals surface area (Å²) in [4.78, 5) is 20.8. The number of aromatic amines is 1. The number of imidazole rings is 1. The number of hydrogen-bond acceptors (Lipinski definition) is 3. The monoisotopic (exact) mass is 376 g/mol. The molecule has 2 aromatic heterocycles. The zero-order valence-electron chi connectivity index (χ0n) is 16.3. The molecule has 0 aliphatic heterocycles. The highest BCUT2D eigenvalue weighted by molar-refractivity contribution is 5.84. The molecule has 2 N–H and O–H groups in total. The Morgan fingerprint density at radius 3 is 2.79 bits per heavy atom. The van der Waals surface area contributed by atoms with Crippen LogP contribution in [-0.4, -0.2) is 27.6 Å². The van der Waals surface area contributed by atoms with E-state index in [0.29, 0.717) is 0 Å². The predicted molar refractivity (Wildman–Crippen MR) is 110 cm³/mol. The minimum absolute atomic E-state index is 0.0486. The standard InChI is InChI=1S/C22H24N4O2/c1-14(2)21(22-23-17-6-4-5-7-18(17)24-22)25-20(27)13-26-11-10-15-12-16(28-3)8-9-19(15)26/h4-12,14,21H,13H2,1-3H3,(H,23,24)(H,25,27). The van der Waals surface area contributed by atoms with Crippen molar-refractivity contribution >= 4 is 27.8 Å². The zero-order valence-corrected chi connectivity index (χ0v) is 16.3. The van der Waals surface area contributed by atoms with Crippen LogP contribution in [0.3, 0.4) is 0 Å². The highest BCUT2D eigenvalue weighted by Gasteiger charge is 2.22. The first-order valence-electron chi connectivity index (χ1n) is 9.42. The van der Waals surface area contributed by atoms with Gasteiger partial charge in [-0.3, -0.25) is 4.79 Å². The summed E-state index contributed by atoms with van der Waals surface area (Å²) in [6.07, 6.45) is 1.93. The molecule has 0 radical (unpaired) electrons. The average molecular weight is 376 g/mol. The van der Waals surface area contributed by atoms with E-state index >= 15 is 0 Å². The second-order valence-electron chi connectivity index (χ2n) is 7.30. The van der Waals surface area contributed by atoms with Crippen LogP contribution in [0.4, 0.5) is 0 Å². The van der Waals surface area contributed by atoms with Gasteiger partial charge in [-0.05, 0) is 42.3 Å². The molecular formula is C22H24N4O2. The van der Waals surface area contributed by atoms with Crippen molar-refractivity contribution in [1.82, 2.24) is 19.9 Å². The van der Waals surface area contributed by atoms with Crippen molar-refractivity contribution < 1.29 is 9.53 Å². The lowest BCUT2D eigenvalue weighted by Gasteiger charge is -2.20. The number of H-pyrrole nitrogens is 1. The third kappa shape index (κ3) is 3.45. The van der Waals surface area contributed by atoms with Crippen molar-refractivity contribution in [3.63, 3.8) is 0 Å². The lowest BCUT2D eigenvalue weighted by atomic mass is 10.0. The van der Waals surface area contributed by atoms with Gasteiger partial charge in [-0.2, -0.15) is 0 Å². The van der Waals surface area contributed by atoms with Crippen LogP contribution in [0.5, 0.6) is 5.75 Å². The lowest BCUT2D eigenvalue weighted by Crippen LogP contribution is -2.34. The number of methoxy groups -OCH3 is 1. The van der Waals surface area contributed by atoms with Gasteiger partial charge in [0.05, 0.1) is 24.2 Å². The maximum atomic E-state index is 12.8. The molecule has 0 bridgehead atoms. The van der Waals surface area contributed by atoms with Crippen molar-refractivity contribution in [2.45, 2.75) is 26.4 Å². The summed E-state index contributed by atoms with van der Waals surface area (Å²) in [6.45, 7) is 4.41. The molecule has 4 aromatic rings. The zero-order chi connectivity index (χ0) is 19.7. The fraction of sp³-hybridized carbons (Fsp3) is 0.273. The summed E-state index contributed by atoms with van der Waals surface area (Å²) >= 11 is 0. The quantitative estimate of drug-likeness (QED) is 0.533. The van der Waals surface area contributed by atoms with E-state index in [2.05, 4.69) is 29.1 Å². The second kappa shape index (κ2) is 7.38. The molecule has 0 aliphatic rings. The third-order valence-electron chi connectivity index (χ3n) is 4.98. The molecule has 2 aromatic carbocycles. The average Bonchev–Trinajstić information content (AvgIpc) is 3.29. The van der Waals surface area contributed by atoms with Gasteiger partial charge in [-0.25, -0.2) is 4.98 Å². The third-order valence-corrected chi connectivity index (χ3v) is 4.98. The Morgan fingerprint density at radius 2 is 2.04 bits per heavy atom. The Bertz CT molecular complexity index is 1090. The number of rotatable bonds is 6. The van der Waals surface area contributed by atoms with Crippen LogP contribution in [0.2, 0.25) is 0 Å². The number of para-hydroxylation sites is 2. The number of benzene rings is 2. The number of amides is 1. The molecule has 4 rings (SSSR count). The molecular weight excluding hydrogens is 352 g/mol. The summed E-state index contributed by atoms with van der Waals surface area (Å²) in [7, 11) is 1.65. The molecule has 1 unspecified atom stereocenters. The molecule has 144 valence electrons. The number of fused-ring (bicyclic) bond motifs is 2. The number of carbonyl (C=O) groups excluding carboxylic acids is 1. The first kappa shape index (κ1) is 18.1. The van der Waals surface area contributed by atoms with Crippen LogP contribution in [-0.2, 0) is 11.3 Å². The molecule has 6 nitrogen and oxygen atoms in total. The van der Waals surface area contributed by atoms with Crippen molar-refractivity contribution in [2.75, 3.05) is 7.11 Å². The van der Waals surface area contributed by atoms with E-state index in [0.717, 1.165) is 33.5 Å². The summed E-state index contributed by atoms with van der Waals surface area (Å²) < 4.78 is 7.21. The Morgan fingerprint density at radius 1 is 1.21 bits per heavy atom. The largest absolute Gasteiger partial charge is 0.497 e. The predicted octanol–water partition coefficient (Wildman–Crippen LogP) is 4.04. The van der Waals surface area contributed by atoms with Crippen LogP contribution in [0.1, 0.15) is 25.7 Å². The van der Waals surface area contributed by atoms with Crippen molar-refractivity contribution in [2.24, 2.45) is 5.92 Å². The van der Waals surface area contributed by atoms with Crippen LogP contribution in [0.25, 0.3) is 21.9 Å². The lowest BCUT2D eigenvalue weighted by molar-refractivity contribution is -0.122. The maximum Gasteiger partial charge on any atom is 0.240 e. The molecule has 6 heteroatoms. The SMILES string of the molecule is COc1ccc2c(ccn2CC(=O)NC(c2nc3ccccc3[nH]2)C(C)C)c1. The number of nitrogens with zero attached hydrogens (tertiary/aromatic N) is 2. The summed E-state index contributed by atoms with van der Waals surface area (Å²) in [6, 6.07) is 15.5. The fourth-order valence-electron chi connectivity index (χ4n) is 3.49. The normalized spacial score (nSPS) is 12.6. The fourth-order valence-corrected chi connectivity index (χ4v) is 3.49. The number of aromatic nitrogens is 3. The van der Waals surface area contributed by atoms with E-state index in [1.54, 1.807) is 7.11 Å². The molecule has 0 fully saturated rings. The summed E-state index contributed by atoms with van der Waals surface area (Å²) in [5.41, 5.74) is 2.88. The Labute approximate surface area is 163 Å². The van der Waals surface area contributed by atoms with Gasteiger partial charge in [0.2, 0.25) is 5.91 Å². The first-order valence-corrected chi connectivity index (χ1v) is 9.42. The van der Waals surface area contributed by atoms with Crippen LogP contribution in [0, 0.1) is 5.92 Å². The Hall–Kier alpha value is -3.28.